The molecular formula is C13H15N3O2S. The predicted octanol–water partition coefficient (Wildman–Crippen LogP) is 2.63. The van der Waals surface area contributed by atoms with E-state index in [2.05, 4.69) is 4.99 Å². The second-order valence-electron chi connectivity index (χ2n) is 4.82. The number of aliphatic imine (C=N–C) groups is 1. The third-order valence-corrected chi connectivity index (χ3v) is 4.38. The molecule has 0 spiro atoms. The zero-order valence-electron chi connectivity index (χ0n) is 10.3. The molecule has 1 aromatic rings. The lowest BCUT2D eigenvalue weighted by atomic mass is 10.2. The fourth-order valence-corrected chi connectivity index (χ4v) is 3.40. The van der Waals surface area contributed by atoms with Crippen molar-refractivity contribution in [2.75, 3.05) is 16.4 Å². The largest absolute Gasteiger partial charge is 0.464 e. The summed E-state index contributed by atoms with van der Waals surface area (Å²) in [6.45, 7) is 0. The van der Waals surface area contributed by atoms with E-state index in [4.69, 9.17) is 5.73 Å². The van der Waals surface area contributed by atoms with Gasteiger partial charge in [-0.25, -0.2) is 9.69 Å². The van der Waals surface area contributed by atoms with Gasteiger partial charge in [0.05, 0.1) is 11.7 Å². The Morgan fingerprint density at radius 2 is 2.37 bits per heavy atom. The molecule has 100 valence electrons. The lowest BCUT2D eigenvalue weighted by molar-refractivity contribution is 0.205. The standard InChI is InChI=1S/C13H15N3O2S/c14-9-2-1-3-10(7-9)16(13(17)18)12-15-11-6-8(11)4-5-19-12/h1-3,7-8,11H,4-6,14H2,(H,17,18). The van der Waals surface area contributed by atoms with Crippen LogP contribution in [0.5, 0.6) is 0 Å². The topological polar surface area (TPSA) is 78.9 Å². The number of nitrogens with zero attached hydrogens (tertiary/aromatic N) is 2. The van der Waals surface area contributed by atoms with Crippen LogP contribution in [0.1, 0.15) is 12.8 Å². The maximum absolute atomic E-state index is 11.5. The highest BCUT2D eigenvalue weighted by Gasteiger charge is 2.40. The molecule has 2 atom stereocenters. The quantitative estimate of drug-likeness (QED) is 0.773. The Labute approximate surface area is 115 Å². The Hall–Kier alpha value is -1.69. The van der Waals surface area contributed by atoms with Crippen molar-refractivity contribution in [1.29, 1.82) is 0 Å². The first-order valence-corrected chi connectivity index (χ1v) is 7.23. The van der Waals surface area contributed by atoms with E-state index in [0.29, 0.717) is 28.5 Å². The van der Waals surface area contributed by atoms with Gasteiger partial charge in [0, 0.05) is 11.4 Å². The van der Waals surface area contributed by atoms with Crippen molar-refractivity contribution in [2.24, 2.45) is 10.9 Å². The van der Waals surface area contributed by atoms with Gasteiger partial charge in [0.1, 0.15) is 0 Å². The van der Waals surface area contributed by atoms with Crippen LogP contribution < -0.4 is 10.6 Å². The molecule has 0 bridgehead atoms. The normalized spacial score (nSPS) is 24.9. The lowest BCUT2D eigenvalue weighted by Crippen LogP contribution is -2.34. The van der Waals surface area contributed by atoms with E-state index < -0.39 is 6.09 Å². The molecule has 3 N–H and O–H groups in total. The lowest BCUT2D eigenvalue weighted by Gasteiger charge is -2.20. The summed E-state index contributed by atoms with van der Waals surface area (Å²) in [5.74, 6) is 1.58. The van der Waals surface area contributed by atoms with Gasteiger partial charge in [0.25, 0.3) is 0 Å². The minimum atomic E-state index is -1.02. The molecule has 3 rings (SSSR count). The third kappa shape index (κ3) is 2.53. The van der Waals surface area contributed by atoms with Crippen LogP contribution in [0.3, 0.4) is 0 Å². The van der Waals surface area contributed by atoms with Crippen LogP contribution in [-0.4, -0.2) is 28.2 Å². The third-order valence-electron chi connectivity index (χ3n) is 3.39. The Morgan fingerprint density at radius 1 is 1.53 bits per heavy atom. The van der Waals surface area contributed by atoms with Crippen LogP contribution in [0.25, 0.3) is 0 Å². The number of carboxylic acid groups (broad SMARTS) is 1. The minimum Gasteiger partial charge on any atom is -0.464 e. The molecule has 1 saturated carbocycles. The van der Waals surface area contributed by atoms with Gasteiger partial charge in [0.15, 0.2) is 5.17 Å². The summed E-state index contributed by atoms with van der Waals surface area (Å²) in [6, 6.07) is 7.20. The summed E-state index contributed by atoms with van der Waals surface area (Å²) in [5.41, 5.74) is 6.83. The maximum atomic E-state index is 11.5. The highest BCUT2D eigenvalue weighted by Crippen LogP contribution is 2.41. The van der Waals surface area contributed by atoms with Crippen molar-refractivity contribution in [2.45, 2.75) is 18.9 Å². The van der Waals surface area contributed by atoms with Crippen LogP contribution >= 0.6 is 11.8 Å². The summed E-state index contributed by atoms with van der Waals surface area (Å²) in [5, 5.41) is 10.0. The fraction of sp³-hybridized carbons (Fsp3) is 0.385. The van der Waals surface area contributed by atoms with Gasteiger partial charge in [-0.2, -0.15) is 0 Å². The molecule has 1 aliphatic heterocycles. The maximum Gasteiger partial charge on any atom is 0.418 e. The van der Waals surface area contributed by atoms with Gasteiger partial charge >= 0.3 is 6.09 Å². The number of thioether (sulfide) groups is 1. The molecule has 2 unspecified atom stereocenters. The molecule has 1 aromatic carbocycles. The van der Waals surface area contributed by atoms with Crippen LogP contribution in [0.4, 0.5) is 16.2 Å². The molecular weight excluding hydrogens is 262 g/mol. The summed E-state index contributed by atoms with van der Waals surface area (Å²) >= 11 is 1.51. The monoisotopic (exact) mass is 277 g/mol. The molecule has 1 amide bonds. The molecule has 1 aliphatic carbocycles. The van der Waals surface area contributed by atoms with Gasteiger partial charge < -0.3 is 10.8 Å². The van der Waals surface area contributed by atoms with E-state index in [1.165, 1.54) is 16.7 Å². The average Bonchev–Trinajstić information content (AvgIpc) is 3.06. The summed E-state index contributed by atoms with van der Waals surface area (Å²) in [7, 11) is 0. The van der Waals surface area contributed by atoms with E-state index in [1.807, 2.05) is 0 Å². The first-order valence-electron chi connectivity index (χ1n) is 6.24. The highest BCUT2D eigenvalue weighted by atomic mass is 32.2. The zero-order chi connectivity index (χ0) is 13.4. The van der Waals surface area contributed by atoms with Gasteiger partial charge in [-0.3, -0.25) is 4.99 Å². The number of carbonyl (C=O) groups is 1. The van der Waals surface area contributed by atoms with E-state index in [1.54, 1.807) is 24.3 Å². The summed E-state index contributed by atoms with van der Waals surface area (Å²) in [6.07, 6.45) is 1.19. The van der Waals surface area contributed by atoms with Crippen LogP contribution in [0.2, 0.25) is 0 Å². The number of hydrogen-bond donors (Lipinski definition) is 2. The van der Waals surface area contributed by atoms with E-state index >= 15 is 0 Å². The van der Waals surface area contributed by atoms with Crippen molar-refractivity contribution < 1.29 is 9.90 Å². The minimum absolute atomic E-state index is 0.313. The van der Waals surface area contributed by atoms with Crippen molar-refractivity contribution in [3.05, 3.63) is 24.3 Å². The number of nitrogen functional groups attached to an aromatic ring is 1. The molecule has 0 saturated heterocycles. The van der Waals surface area contributed by atoms with E-state index in [0.717, 1.165) is 18.6 Å². The van der Waals surface area contributed by atoms with Crippen molar-refractivity contribution in [3.8, 4) is 0 Å². The number of amidine groups is 1. The molecule has 1 fully saturated rings. The van der Waals surface area contributed by atoms with Gasteiger partial charge in [-0.1, -0.05) is 17.8 Å². The second-order valence-corrected chi connectivity index (χ2v) is 5.89. The van der Waals surface area contributed by atoms with E-state index in [9.17, 15) is 9.90 Å². The molecule has 0 aromatic heterocycles. The highest BCUT2D eigenvalue weighted by molar-refractivity contribution is 8.14. The average molecular weight is 277 g/mol. The molecule has 5 nitrogen and oxygen atoms in total. The number of nitrogens with two attached hydrogens (primary N) is 1. The Bertz CT molecular complexity index is 546. The Kier molecular flexibility index (Phi) is 3.10. The number of anilines is 2. The van der Waals surface area contributed by atoms with Crippen LogP contribution in [0, 0.1) is 5.92 Å². The summed E-state index contributed by atoms with van der Waals surface area (Å²) in [4.78, 5) is 17.3. The molecule has 19 heavy (non-hydrogen) atoms. The van der Waals surface area contributed by atoms with Crippen molar-refractivity contribution in [1.82, 2.24) is 0 Å². The van der Waals surface area contributed by atoms with E-state index in [-0.39, 0.29) is 0 Å². The number of benzene rings is 1. The number of rotatable bonds is 1. The summed E-state index contributed by atoms with van der Waals surface area (Å²) < 4.78 is 0. The van der Waals surface area contributed by atoms with Crippen LogP contribution in [0.15, 0.2) is 29.3 Å². The van der Waals surface area contributed by atoms with Gasteiger partial charge in [-0.05, 0) is 37.0 Å². The first kappa shape index (κ1) is 12.3. The van der Waals surface area contributed by atoms with Gasteiger partial charge in [0.2, 0.25) is 0 Å². The van der Waals surface area contributed by atoms with Crippen molar-refractivity contribution in [3.63, 3.8) is 0 Å². The number of amides is 1. The molecule has 1 heterocycles. The Morgan fingerprint density at radius 3 is 3.11 bits per heavy atom. The predicted molar refractivity (Wildman–Crippen MR) is 77.8 cm³/mol. The zero-order valence-corrected chi connectivity index (χ0v) is 11.1. The molecule has 6 heteroatoms. The van der Waals surface area contributed by atoms with Gasteiger partial charge in [-0.15, -0.1) is 0 Å². The molecule has 2 aliphatic rings. The number of hydrogen-bond acceptors (Lipinski definition) is 4. The van der Waals surface area contributed by atoms with Crippen molar-refractivity contribution >= 4 is 34.4 Å². The Balaban J connectivity index is 1.94. The fourth-order valence-electron chi connectivity index (χ4n) is 2.27. The smallest absolute Gasteiger partial charge is 0.418 e. The number of fused-ring (bicyclic) bond motifs is 1. The SMILES string of the molecule is Nc1cccc(N(C(=O)O)C2=NC3CC3CCS2)c1. The molecule has 0 radical (unpaired) electrons. The van der Waals surface area contributed by atoms with Crippen LogP contribution in [-0.2, 0) is 0 Å². The second kappa shape index (κ2) is 4.77. The first-order chi connectivity index (χ1) is 9.15.